The van der Waals surface area contributed by atoms with Gasteiger partial charge in [-0.1, -0.05) is 0 Å². The van der Waals surface area contributed by atoms with Crippen molar-refractivity contribution in [3.8, 4) is 0 Å². The largest absolute Gasteiger partial charge is 0.468 e. The molecule has 1 fully saturated rings. The zero-order valence-corrected chi connectivity index (χ0v) is 8.87. The fourth-order valence-corrected chi connectivity index (χ4v) is 1.77. The lowest BCUT2D eigenvalue weighted by Crippen LogP contribution is -2.36. The molecule has 0 amide bonds. The first kappa shape index (κ1) is 8.70. The third kappa shape index (κ3) is 1.79. The zero-order valence-electron chi connectivity index (χ0n) is 6.87. The monoisotopic (exact) mass is 175 g/mol. The second-order valence-corrected chi connectivity index (χ2v) is 2.87. The first-order chi connectivity index (χ1) is 5.29. The summed E-state index contributed by atoms with van der Waals surface area (Å²) in [6, 6.07) is -0.155. The number of hydrogen-bond donors (Lipinski definition) is 0. The summed E-state index contributed by atoms with van der Waals surface area (Å²) in [6.45, 7) is 0.850. The topological polar surface area (TPSA) is 38.8 Å². The van der Waals surface area contributed by atoms with Crippen LogP contribution in [0.1, 0.15) is 12.8 Å². The van der Waals surface area contributed by atoms with Crippen molar-refractivity contribution in [2.75, 3.05) is 13.7 Å². The van der Waals surface area contributed by atoms with Gasteiger partial charge >= 0.3 is 5.97 Å². The minimum absolute atomic E-state index is 0.155. The maximum atomic E-state index is 11.1. The van der Waals surface area contributed by atoms with Crippen LogP contribution in [0.4, 0.5) is 0 Å². The van der Waals surface area contributed by atoms with Crippen molar-refractivity contribution >= 4 is 16.5 Å². The van der Waals surface area contributed by atoms with Crippen LogP contribution in [0.3, 0.4) is 0 Å². The first-order valence-electron chi connectivity index (χ1n) is 3.68. The van der Waals surface area contributed by atoms with E-state index in [0.717, 1.165) is 19.4 Å². The number of hydroxylamine groups is 2. The average Bonchev–Trinajstić information content (AvgIpc) is 2.50. The fourth-order valence-electron chi connectivity index (χ4n) is 1.33. The van der Waals surface area contributed by atoms with Crippen molar-refractivity contribution in [3.05, 3.63) is 0 Å². The molecule has 0 aromatic rings. The summed E-state index contributed by atoms with van der Waals surface area (Å²) in [5, 5.41) is 1.72. The van der Waals surface area contributed by atoms with Crippen molar-refractivity contribution in [3.63, 3.8) is 0 Å². The molecule has 11 heavy (non-hydrogen) atoms. The van der Waals surface area contributed by atoms with Gasteiger partial charge in [-0.15, -0.1) is 0 Å². The van der Waals surface area contributed by atoms with E-state index in [4.69, 9.17) is 4.53 Å². The predicted octanol–water partition coefficient (Wildman–Crippen LogP) is -1.16. The number of esters is 1. The van der Waals surface area contributed by atoms with E-state index >= 15 is 0 Å². The number of hydrogen-bond acceptors (Lipinski definition) is 4. The van der Waals surface area contributed by atoms with E-state index in [1.165, 1.54) is 7.11 Å². The van der Waals surface area contributed by atoms with Gasteiger partial charge in [0.2, 0.25) is 0 Å². The van der Waals surface area contributed by atoms with Crippen LogP contribution >= 0.6 is 0 Å². The van der Waals surface area contributed by atoms with E-state index in [2.05, 4.69) is 4.74 Å². The molecule has 0 radical (unpaired) electrons. The molecule has 0 aromatic carbocycles. The lowest BCUT2D eigenvalue weighted by Gasteiger charge is -2.19. The Balaban J connectivity index is 2.49. The van der Waals surface area contributed by atoms with E-state index in [0.29, 0.717) is 10.5 Å². The first-order valence-corrected chi connectivity index (χ1v) is 4.50. The summed E-state index contributed by atoms with van der Waals surface area (Å²) in [7, 11) is 2.04. The maximum absolute atomic E-state index is 11.1. The average molecular weight is 175 g/mol. The Kier molecular flexibility index (Phi) is 3.04. The lowest BCUT2D eigenvalue weighted by molar-refractivity contribution is -0.157. The molecule has 0 N–H and O–H groups in total. The Labute approximate surface area is 69.0 Å². The standard InChI is InChI=1S/C6H13NO3Si/c1-9-6(8)5-3-2-4-7(5)10-11/h5H,2-4H2,1,11H3. The molecule has 0 saturated carbocycles. The Morgan fingerprint density at radius 2 is 2.45 bits per heavy atom. The molecule has 64 valence electrons. The van der Waals surface area contributed by atoms with E-state index < -0.39 is 0 Å². The molecule has 1 aliphatic heterocycles. The van der Waals surface area contributed by atoms with Crippen molar-refractivity contribution < 1.29 is 14.1 Å². The molecule has 4 nitrogen and oxygen atoms in total. The van der Waals surface area contributed by atoms with Gasteiger partial charge in [0.05, 0.1) is 7.11 Å². The molecule has 1 rings (SSSR count). The smallest absolute Gasteiger partial charge is 0.325 e. The maximum Gasteiger partial charge on any atom is 0.325 e. The molecule has 1 heterocycles. The molecule has 1 unspecified atom stereocenters. The number of nitrogens with zero attached hydrogens (tertiary/aromatic N) is 1. The van der Waals surface area contributed by atoms with Crippen molar-refractivity contribution in [1.29, 1.82) is 0 Å². The van der Waals surface area contributed by atoms with Crippen molar-refractivity contribution in [1.82, 2.24) is 5.06 Å². The second kappa shape index (κ2) is 3.84. The Morgan fingerprint density at radius 1 is 1.73 bits per heavy atom. The van der Waals surface area contributed by atoms with E-state index in [1.54, 1.807) is 5.06 Å². The number of rotatable bonds is 2. The summed E-state index contributed by atoms with van der Waals surface area (Å²) in [5.41, 5.74) is 0. The second-order valence-electron chi connectivity index (χ2n) is 2.50. The Bertz CT molecular complexity index is 153. The molecule has 5 heteroatoms. The highest BCUT2D eigenvalue weighted by atomic mass is 28.2. The van der Waals surface area contributed by atoms with Gasteiger partial charge < -0.3 is 9.26 Å². The molecular weight excluding hydrogens is 162 g/mol. The van der Waals surface area contributed by atoms with Gasteiger partial charge in [0.15, 0.2) is 10.5 Å². The molecule has 1 aliphatic rings. The van der Waals surface area contributed by atoms with Gasteiger partial charge in [-0.2, -0.15) is 5.06 Å². The third-order valence-electron chi connectivity index (χ3n) is 1.91. The summed E-state index contributed by atoms with van der Waals surface area (Å²) >= 11 is 0. The Hall–Kier alpha value is -0.393. The van der Waals surface area contributed by atoms with Gasteiger partial charge in [-0.25, -0.2) is 0 Å². The highest BCUT2D eigenvalue weighted by Crippen LogP contribution is 2.17. The van der Waals surface area contributed by atoms with Crippen LogP contribution in [0.25, 0.3) is 0 Å². The normalized spacial score (nSPS) is 25.7. The van der Waals surface area contributed by atoms with E-state index in [9.17, 15) is 4.79 Å². The SMILES string of the molecule is COC(=O)C1CCCN1O[SiH3]. The van der Waals surface area contributed by atoms with Crippen molar-refractivity contribution in [2.24, 2.45) is 0 Å². The van der Waals surface area contributed by atoms with Crippen LogP contribution in [0.15, 0.2) is 0 Å². The van der Waals surface area contributed by atoms with E-state index in [1.807, 2.05) is 0 Å². The van der Waals surface area contributed by atoms with Gasteiger partial charge in [-0.3, -0.25) is 4.79 Å². The summed E-state index contributed by atoms with van der Waals surface area (Å²) in [6.07, 6.45) is 1.87. The summed E-state index contributed by atoms with van der Waals surface area (Å²) in [4.78, 5) is 11.1. The van der Waals surface area contributed by atoms with Crippen LogP contribution in [0, 0.1) is 0 Å². The molecule has 0 aromatic heterocycles. The minimum atomic E-state index is -0.182. The molecular formula is C6H13NO3Si. The van der Waals surface area contributed by atoms with Crippen LogP contribution in [0.2, 0.25) is 0 Å². The molecule has 1 saturated heterocycles. The minimum Gasteiger partial charge on any atom is -0.468 e. The highest BCUT2D eigenvalue weighted by molar-refractivity contribution is 5.97. The van der Waals surface area contributed by atoms with Crippen LogP contribution in [-0.4, -0.2) is 41.2 Å². The Morgan fingerprint density at radius 3 is 3.00 bits per heavy atom. The number of carbonyl (C=O) groups is 1. The molecule has 0 spiro atoms. The summed E-state index contributed by atoms with van der Waals surface area (Å²) < 4.78 is 9.74. The lowest BCUT2D eigenvalue weighted by atomic mass is 10.2. The van der Waals surface area contributed by atoms with Gasteiger partial charge in [0, 0.05) is 6.54 Å². The molecule has 1 atom stereocenters. The number of methoxy groups -OCH3 is 1. The summed E-state index contributed by atoms with van der Waals surface area (Å²) in [5.74, 6) is -0.182. The van der Waals surface area contributed by atoms with Crippen LogP contribution < -0.4 is 0 Å². The fraction of sp³-hybridized carbons (Fsp3) is 0.833. The van der Waals surface area contributed by atoms with Gasteiger partial charge in [0.1, 0.15) is 6.04 Å². The quantitative estimate of drug-likeness (QED) is 0.392. The number of ether oxygens (including phenoxy) is 1. The third-order valence-corrected chi connectivity index (χ3v) is 2.38. The van der Waals surface area contributed by atoms with Crippen LogP contribution in [0.5, 0.6) is 0 Å². The van der Waals surface area contributed by atoms with Crippen LogP contribution in [-0.2, 0) is 14.1 Å². The van der Waals surface area contributed by atoms with Gasteiger partial charge in [0.25, 0.3) is 0 Å². The molecule has 0 bridgehead atoms. The molecule has 0 aliphatic carbocycles. The van der Waals surface area contributed by atoms with E-state index in [-0.39, 0.29) is 12.0 Å². The van der Waals surface area contributed by atoms with Gasteiger partial charge in [-0.05, 0) is 12.8 Å². The number of carbonyl (C=O) groups excluding carboxylic acids is 1. The van der Waals surface area contributed by atoms with Crippen molar-refractivity contribution in [2.45, 2.75) is 18.9 Å². The zero-order chi connectivity index (χ0) is 8.27. The predicted molar refractivity (Wildman–Crippen MR) is 42.8 cm³/mol. The highest BCUT2D eigenvalue weighted by Gasteiger charge is 2.31.